The van der Waals surface area contributed by atoms with Crippen molar-refractivity contribution in [2.75, 3.05) is 13.2 Å². The Bertz CT molecular complexity index is 1250. The van der Waals surface area contributed by atoms with Crippen LogP contribution in [-0.4, -0.2) is 37.2 Å². The van der Waals surface area contributed by atoms with Gasteiger partial charge in [0, 0.05) is 19.3 Å². The van der Waals surface area contributed by atoms with Crippen LogP contribution in [-0.2, 0) is 28.6 Å². The molecule has 1 unspecified atom stereocenters. The molecule has 0 aliphatic heterocycles. The number of carbonyl (C=O) groups is 3. The van der Waals surface area contributed by atoms with E-state index in [2.05, 4.69) is 57.2 Å². The van der Waals surface area contributed by atoms with Crippen molar-refractivity contribution >= 4 is 17.9 Å². The van der Waals surface area contributed by atoms with Crippen LogP contribution in [0.5, 0.6) is 0 Å². The molecule has 75 heavy (non-hydrogen) atoms. The van der Waals surface area contributed by atoms with Gasteiger partial charge in [0.2, 0.25) is 0 Å². The summed E-state index contributed by atoms with van der Waals surface area (Å²) >= 11 is 0. The van der Waals surface area contributed by atoms with Gasteiger partial charge in [-0.3, -0.25) is 14.4 Å². The Morgan fingerprint density at radius 3 is 0.747 bits per heavy atom. The predicted octanol–water partition coefficient (Wildman–Crippen LogP) is 22.8. The molecular weight excluding hydrogens is 925 g/mol. The van der Waals surface area contributed by atoms with E-state index in [4.69, 9.17) is 14.2 Å². The minimum Gasteiger partial charge on any atom is -0.462 e. The standard InChI is InChI=1S/C69H128O6/c1-4-7-10-13-16-19-22-25-27-29-30-31-32-33-34-35-36-37-38-40-41-44-47-50-53-56-59-62-68(71)74-65-66(64-73-67(70)61-58-55-52-49-46-43-24-21-18-15-12-9-6-3)75-69(72)63-60-57-54-51-48-45-42-39-28-26-23-20-17-14-11-8-5-2/h22,25,29-30,32-33,66H,4-21,23-24,26-28,31,34-65H2,1-3H3/b25-22-,30-29-,33-32-. The molecule has 0 amide bonds. The average Bonchev–Trinajstić information content (AvgIpc) is 3.41. The van der Waals surface area contributed by atoms with Gasteiger partial charge >= 0.3 is 17.9 Å². The molecule has 0 rings (SSSR count). The third-order valence-electron chi connectivity index (χ3n) is 15.1. The quantitative estimate of drug-likeness (QED) is 0.0261. The second-order valence-electron chi connectivity index (χ2n) is 22.7. The van der Waals surface area contributed by atoms with Crippen molar-refractivity contribution < 1.29 is 28.6 Å². The van der Waals surface area contributed by atoms with E-state index in [1.54, 1.807) is 0 Å². The second kappa shape index (κ2) is 64.2. The highest BCUT2D eigenvalue weighted by Gasteiger charge is 2.19. The van der Waals surface area contributed by atoms with Crippen LogP contribution in [0.25, 0.3) is 0 Å². The fourth-order valence-electron chi connectivity index (χ4n) is 10.1. The summed E-state index contributed by atoms with van der Waals surface area (Å²) < 4.78 is 17.0. The van der Waals surface area contributed by atoms with E-state index < -0.39 is 6.10 Å². The first-order chi connectivity index (χ1) is 37.0. The van der Waals surface area contributed by atoms with E-state index in [-0.39, 0.29) is 31.1 Å². The summed E-state index contributed by atoms with van der Waals surface area (Å²) in [6.45, 7) is 6.69. The summed E-state index contributed by atoms with van der Waals surface area (Å²) in [6, 6.07) is 0. The van der Waals surface area contributed by atoms with Crippen LogP contribution in [0.15, 0.2) is 36.5 Å². The third kappa shape index (κ3) is 62.4. The van der Waals surface area contributed by atoms with Gasteiger partial charge in [-0.05, 0) is 57.8 Å². The van der Waals surface area contributed by atoms with E-state index in [1.165, 1.54) is 257 Å². The van der Waals surface area contributed by atoms with Crippen LogP contribution in [0, 0.1) is 0 Å². The van der Waals surface area contributed by atoms with Crippen LogP contribution in [0.4, 0.5) is 0 Å². The normalized spacial score (nSPS) is 12.2. The maximum absolute atomic E-state index is 12.9. The minimum absolute atomic E-state index is 0.0662. The highest BCUT2D eigenvalue weighted by molar-refractivity contribution is 5.71. The summed E-state index contributed by atoms with van der Waals surface area (Å²) in [5.74, 6) is -0.841. The van der Waals surface area contributed by atoms with E-state index in [0.29, 0.717) is 19.3 Å². The van der Waals surface area contributed by atoms with E-state index in [9.17, 15) is 14.4 Å². The molecule has 440 valence electrons. The minimum atomic E-state index is -0.769. The number of hydrogen-bond acceptors (Lipinski definition) is 6. The number of ether oxygens (including phenoxy) is 3. The molecule has 0 aromatic rings. The number of rotatable bonds is 62. The largest absolute Gasteiger partial charge is 0.462 e. The molecule has 0 heterocycles. The number of unbranched alkanes of at least 4 members (excludes halogenated alkanes) is 45. The van der Waals surface area contributed by atoms with E-state index >= 15 is 0 Å². The Balaban J connectivity index is 4.22. The lowest BCUT2D eigenvalue weighted by Crippen LogP contribution is -2.30. The fourth-order valence-corrected chi connectivity index (χ4v) is 10.1. The highest BCUT2D eigenvalue weighted by atomic mass is 16.6. The molecule has 0 aromatic carbocycles. The zero-order chi connectivity index (χ0) is 54.3. The van der Waals surface area contributed by atoms with Crippen molar-refractivity contribution in [3.05, 3.63) is 36.5 Å². The Hall–Kier alpha value is -2.37. The van der Waals surface area contributed by atoms with Gasteiger partial charge in [0.1, 0.15) is 13.2 Å². The van der Waals surface area contributed by atoms with E-state index in [0.717, 1.165) is 70.6 Å². The predicted molar refractivity (Wildman–Crippen MR) is 326 cm³/mol. The maximum atomic E-state index is 12.9. The molecule has 0 aliphatic carbocycles. The first kappa shape index (κ1) is 72.6. The first-order valence-corrected chi connectivity index (χ1v) is 33.5. The van der Waals surface area contributed by atoms with Crippen LogP contribution >= 0.6 is 0 Å². The van der Waals surface area contributed by atoms with Crippen molar-refractivity contribution in [1.82, 2.24) is 0 Å². The maximum Gasteiger partial charge on any atom is 0.306 e. The summed E-state index contributed by atoms with van der Waals surface area (Å²) in [7, 11) is 0. The lowest BCUT2D eigenvalue weighted by molar-refractivity contribution is -0.167. The summed E-state index contributed by atoms with van der Waals surface area (Å²) in [5.41, 5.74) is 0. The van der Waals surface area contributed by atoms with E-state index in [1.807, 2.05) is 0 Å². The van der Waals surface area contributed by atoms with Gasteiger partial charge in [-0.2, -0.15) is 0 Å². The van der Waals surface area contributed by atoms with Crippen LogP contribution in [0.1, 0.15) is 367 Å². The van der Waals surface area contributed by atoms with Gasteiger partial charge in [-0.1, -0.05) is 327 Å². The third-order valence-corrected chi connectivity index (χ3v) is 15.1. The molecule has 1 atom stereocenters. The SMILES string of the molecule is CCCCCCC/C=C\C/C=C\C/C=C\CCCCCCCCCCCCCCC(=O)OCC(COC(=O)CCCCCCCCCCCCCCC)OC(=O)CCCCCCCCCCCCCCCCCCC. The summed E-state index contributed by atoms with van der Waals surface area (Å²) in [5, 5.41) is 0. The Labute approximate surface area is 467 Å². The smallest absolute Gasteiger partial charge is 0.306 e. The molecule has 0 radical (unpaired) electrons. The zero-order valence-corrected chi connectivity index (χ0v) is 50.6. The second-order valence-corrected chi connectivity index (χ2v) is 22.7. The Morgan fingerprint density at radius 2 is 0.480 bits per heavy atom. The molecule has 0 bridgehead atoms. The lowest BCUT2D eigenvalue weighted by atomic mass is 10.0. The van der Waals surface area contributed by atoms with Gasteiger partial charge in [0.25, 0.3) is 0 Å². The molecule has 0 fully saturated rings. The molecule has 0 saturated heterocycles. The lowest BCUT2D eigenvalue weighted by Gasteiger charge is -2.18. The van der Waals surface area contributed by atoms with Crippen molar-refractivity contribution in [1.29, 1.82) is 0 Å². The topological polar surface area (TPSA) is 78.9 Å². The highest BCUT2D eigenvalue weighted by Crippen LogP contribution is 2.18. The number of hydrogen-bond donors (Lipinski definition) is 0. The van der Waals surface area contributed by atoms with Crippen molar-refractivity contribution in [3.63, 3.8) is 0 Å². The summed E-state index contributed by atoms with van der Waals surface area (Å²) in [6.07, 6.45) is 78.7. The molecule has 6 heteroatoms. The van der Waals surface area contributed by atoms with Gasteiger partial charge in [-0.25, -0.2) is 0 Å². The van der Waals surface area contributed by atoms with Gasteiger partial charge in [-0.15, -0.1) is 0 Å². The number of allylic oxidation sites excluding steroid dienone is 6. The average molecular weight is 1050 g/mol. The fraction of sp³-hybridized carbons (Fsp3) is 0.870. The van der Waals surface area contributed by atoms with Crippen LogP contribution in [0.3, 0.4) is 0 Å². The molecule has 0 aliphatic rings. The molecule has 0 spiro atoms. The summed E-state index contributed by atoms with van der Waals surface area (Å²) in [4.78, 5) is 38.3. The van der Waals surface area contributed by atoms with Gasteiger partial charge in [0.05, 0.1) is 0 Å². The Morgan fingerprint density at radius 1 is 0.267 bits per heavy atom. The van der Waals surface area contributed by atoms with Crippen molar-refractivity contribution in [2.45, 2.75) is 374 Å². The number of esters is 3. The van der Waals surface area contributed by atoms with Crippen LogP contribution in [0.2, 0.25) is 0 Å². The number of carbonyl (C=O) groups excluding carboxylic acids is 3. The zero-order valence-electron chi connectivity index (χ0n) is 50.6. The van der Waals surface area contributed by atoms with Crippen molar-refractivity contribution in [2.24, 2.45) is 0 Å². The van der Waals surface area contributed by atoms with Crippen molar-refractivity contribution in [3.8, 4) is 0 Å². The molecule has 6 nitrogen and oxygen atoms in total. The molecule has 0 aromatic heterocycles. The molecular formula is C69H128O6. The molecule has 0 saturated carbocycles. The first-order valence-electron chi connectivity index (χ1n) is 33.5. The monoisotopic (exact) mass is 1050 g/mol. The Kier molecular flexibility index (Phi) is 62.1. The van der Waals surface area contributed by atoms with Gasteiger partial charge < -0.3 is 14.2 Å². The van der Waals surface area contributed by atoms with Crippen LogP contribution < -0.4 is 0 Å². The van der Waals surface area contributed by atoms with Gasteiger partial charge in [0.15, 0.2) is 6.10 Å². The molecule has 0 N–H and O–H groups in total.